The monoisotopic (exact) mass is 663 g/mol. The zero-order chi connectivity index (χ0) is 33.8. The summed E-state index contributed by atoms with van der Waals surface area (Å²) in [6, 6.07) is 15.8. The quantitative estimate of drug-likeness (QED) is 0.106. The van der Waals surface area contributed by atoms with Crippen molar-refractivity contribution in [3.8, 4) is 23.1 Å². The number of carbonyl (C=O) groups excluding carboxylic acids is 3. The highest BCUT2D eigenvalue weighted by Crippen LogP contribution is 2.35. The first-order valence-electron chi connectivity index (χ1n) is 14.5. The highest BCUT2D eigenvalue weighted by atomic mass is 31.2. The lowest BCUT2D eigenvalue weighted by Gasteiger charge is -2.23. The first kappa shape index (κ1) is 34.6. The van der Waals surface area contributed by atoms with Crippen molar-refractivity contribution in [1.82, 2.24) is 35.7 Å². The normalized spacial score (nSPS) is 11.7. The van der Waals surface area contributed by atoms with Gasteiger partial charge in [-0.2, -0.15) is 10.1 Å². The summed E-state index contributed by atoms with van der Waals surface area (Å²) in [5.41, 5.74) is 1.37. The van der Waals surface area contributed by atoms with E-state index < -0.39 is 37.2 Å². The molecule has 4 rings (SSSR count). The van der Waals surface area contributed by atoms with Crippen molar-refractivity contribution in [3.05, 3.63) is 89.7 Å². The molecule has 2 heterocycles. The fourth-order valence-electron chi connectivity index (χ4n) is 4.33. The molecule has 2 aromatic carbocycles. The molecule has 0 saturated carbocycles. The molecule has 0 aliphatic heterocycles. The lowest BCUT2D eigenvalue weighted by molar-refractivity contribution is -0.142. The maximum Gasteiger partial charge on any atom is 0.320 e. The van der Waals surface area contributed by atoms with E-state index in [4.69, 9.17) is 14.2 Å². The summed E-state index contributed by atoms with van der Waals surface area (Å²) in [5, 5.41) is 26.9. The lowest BCUT2D eigenvalue weighted by Crippen LogP contribution is -2.36. The summed E-state index contributed by atoms with van der Waals surface area (Å²) in [4.78, 5) is 45.7. The number of aromatic nitrogens is 4. The highest BCUT2D eigenvalue weighted by molar-refractivity contribution is 7.67. The van der Waals surface area contributed by atoms with Crippen molar-refractivity contribution in [2.24, 2.45) is 0 Å². The van der Waals surface area contributed by atoms with Gasteiger partial charge in [-0.15, -0.1) is 5.10 Å². The second-order valence-electron chi connectivity index (χ2n) is 9.70. The minimum atomic E-state index is -3.74. The maximum absolute atomic E-state index is 14.0. The van der Waals surface area contributed by atoms with Crippen LogP contribution in [0.3, 0.4) is 0 Å². The Morgan fingerprint density at radius 1 is 0.894 bits per heavy atom. The van der Waals surface area contributed by atoms with Crippen LogP contribution in [0.15, 0.2) is 73.1 Å². The molecular formula is C31H34N7O8P. The Hall–Kier alpha value is -5.24. The average Bonchev–Trinajstić information content (AvgIpc) is 3.09. The van der Waals surface area contributed by atoms with Crippen LogP contribution in [0.2, 0.25) is 0 Å². The summed E-state index contributed by atoms with van der Waals surface area (Å²) < 4.78 is 29.2. The number of nitrogens with one attached hydrogen (secondary N) is 3. The van der Waals surface area contributed by atoms with Crippen LogP contribution in [-0.2, 0) is 23.6 Å². The topological polar surface area (TPSA) is 204 Å². The molecule has 1 unspecified atom stereocenters. The van der Waals surface area contributed by atoms with E-state index in [2.05, 4.69) is 35.7 Å². The van der Waals surface area contributed by atoms with Crippen LogP contribution in [0.4, 0.5) is 0 Å². The van der Waals surface area contributed by atoms with Crippen molar-refractivity contribution in [2.75, 3.05) is 33.4 Å². The van der Waals surface area contributed by atoms with E-state index in [1.807, 2.05) is 0 Å². The number of benzene rings is 2. The van der Waals surface area contributed by atoms with E-state index in [-0.39, 0.29) is 43.0 Å². The molecule has 4 N–H and O–H groups in total. The zero-order valence-electron chi connectivity index (χ0n) is 25.9. The van der Waals surface area contributed by atoms with Crippen molar-refractivity contribution in [3.63, 3.8) is 0 Å². The predicted octanol–water partition coefficient (Wildman–Crippen LogP) is 2.29. The van der Waals surface area contributed by atoms with Gasteiger partial charge < -0.3 is 24.6 Å². The molecule has 0 fully saturated rings. The summed E-state index contributed by atoms with van der Waals surface area (Å²) >= 11 is 0. The molecule has 0 aliphatic carbocycles. The van der Waals surface area contributed by atoms with Crippen LogP contribution in [0.25, 0.3) is 11.5 Å². The Bertz CT molecular complexity index is 1700. The summed E-state index contributed by atoms with van der Waals surface area (Å²) in [5.74, 6) is -1.78. The van der Waals surface area contributed by atoms with Gasteiger partial charge in [0.05, 0.1) is 26.4 Å². The molecule has 2 aromatic heterocycles. The molecule has 4 aromatic rings. The molecule has 0 aliphatic rings. The number of esters is 2. The van der Waals surface area contributed by atoms with Crippen molar-refractivity contribution < 1.29 is 38.3 Å². The zero-order valence-corrected chi connectivity index (χ0v) is 26.8. The largest absolute Gasteiger partial charge is 0.497 e. The second-order valence-corrected chi connectivity index (χ2v) is 12.1. The van der Waals surface area contributed by atoms with E-state index >= 15 is 0 Å². The summed E-state index contributed by atoms with van der Waals surface area (Å²) in [7, 11) is -2.20. The number of ether oxygens (including phenoxy) is 3. The van der Waals surface area contributed by atoms with Crippen LogP contribution in [0.5, 0.6) is 11.6 Å². The third kappa shape index (κ3) is 9.16. The third-order valence-electron chi connectivity index (χ3n) is 6.63. The molecular weight excluding hydrogens is 629 g/mol. The van der Waals surface area contributed by atoms with Crippen molar-refractivity contribution >= 4 is 30.6 Å². The van der Waals surface area contributed by atoms with E-state index in [9.17, 15) is 24.1 Å². The van der Waals surface area contributed by atoms with Crippen LogP contribution in [-0.4, -0.2) is 76.5 Å². The minimum absolute atomic E-state index is 0.0898. The number of hydrogen-bond acceptors (Lipinski definition) is 12. The Kier molecular flexibility index (Phi) is 12.1. The van der Waals surface area contributed by atoms with Gasteiger partial charge in [0.15, 0.2) is 5.82 Å². The SMILES string of the molecule is CCOC(=O)CNP(=O)(NCC(=O)OCC)c1ccc(C(NC(=O)c2cnc(-c3cccnn3)nc2O)c2ccc(OC)cc2)cc1. The number of methoxy groups -OCH3 is 1. The average molecular weight is 664 g/mol. The Morgan fingerprint density at radius 3 is 2.00 bits per heavy atom. The number of rotatable bonds is 15. The molecule has 1 amide bonds. The van der Waals surface area contributed by atoms with Gasteiger partial charge in [-0.3, -0.25) is 18.9 Å². The van der Waals surface area contributed by atoms with E-state index in [1.54, 1.807) is 74.5 Å². The van der Waals surface area contributed by atoms with Crippen LogP contribution in [0.1, 0.15) is 41.4 Å². The second kappa shape index (κ2) is 16.4. The van der Waals surface area contributed by atoms with Gasteiger partial charge in [0.1, 0.15) is 30.1 Å². The third-order valence-corrected chi connectivity index (χ3v) is 8.86. The van der Waals surface area contributed by atoms with E-state index in [0.717, 1.165) is 0 Å². The Balaban J connectivity index is 1.64. The van der Waals surface area contributed by atoms with Gasteiger partial charge in [0.2, 0.25) is 13.3 Å². The molecule has 16 heteroatoms. The van der Waals surface area contributed by atoms with Gasteiger partial charge in [-0.25, -0.2) is 15.2 Å². The fourth-order valence-corrected chi connectivity index (χ4v) is 6.08. The highest BCUT2D eigenvalue weighted by Gasteiger charge is 2.28. The number of carbonyl (C=O) groups is 3. The standard InChI is InChI=1S/C31H34N7O8P/c1-4-45-26(39)18-34-47(43,35-19-27(40)46-5-2)23-14-10-21(11-15-23)28(20-8-12-22(44-3)13-9-20)36-30(41)24-17-32-29(37-31(24)42)25-7-6-16-33-38-25/h6-17,28H,4-5,18-19H2,1-3H3,(H,36,41)(H,32,37,42)(H2,34,35,43). The van der Waals surface area contributed by atoms with Crippen LogP contribution < -0.4 is 25.5 Å². The van der Waals surface area contributed by atoms with Crippen molar-refractivity contribution in [2.45, 2.75) is 19.9 Å². The van der Waals surface area contributed by atoms with Gasteiger partial charge in [0.25, 0.3) is 5.91 Å². The molecule has 47 heavy (non-hydrogen) atoms. The number of hydrogen-bond donors (Lipinski definition) is 4. The smallest absolute Gasteiger partial charge is 0.320 e. The Labute approximate surface area is 270 Å². The Morgan fingerprint density at radius 2 is 1.49 bits per heavy atom. The number of amides is 1. The van der Waals surface area contributed by atoms with E-state index in [1.165, 1.54) is 19.5 Å². The van der Waals surface area contributed by atoms with Gasteiger partial charge >= 0.3 is 11.9 Å². The minimum Gasteiger partial charge on any atom is -0.497 e. The molecule has 246 valence electrons. The summed E-state index contributed by atoms with van der Waals surface area (Å²) in [6.45, 7) is 2.82. The molecule has 1 atom stereocenters. The molecule has 15 nitrogen and oxygen atoms in total. The molecule has 0 bridgehead atoms. The predicted molar refractivity (Wildman–Crippen MR) is 170 cm³/mol. The van der Waals surface area contributed by atoms with Crippen LogP contribution in [0, 0.1) is 0 Å². The van der Waals surface area contributed by atoms with Gasteiger partial charge in [-0.1, -0.05) is 24.3 Å². The summed E-state index contributed by atoms with van der Waals surface area (Å²) in [6.07, 6.45) is 2.67. The van der Waals surface area contributed by atoms with Gasteiger partial charge in [0, 0.05) is 17.7 Å². The number of nitrogens with zero attached hydrogens (tertiary/aromatic N) is 4. The first-order valence-corrected chi connectivity index (χ1v) is 16.2. The van der Waals surface area contributed by atoms with Crippen LogP contribution >= 0.6 is 7.44 Å². The molecule has 0 spiro atoms. The van der Waals surface area contributed by atoms with E-state index in [0.29, 0.717) is 22.6 Å². The van der Waals surface area contributed by atoms with Gasteiger partial charge in [-0.05, 0) is 61.4 Å². The first-order chi connectivity index (χ1) is 22.7. The maximum atomic E-state index is 14.0. The fraction of sp³-hybridized carbons (Fsp3) is 0.258. The molecule has 0 saturated heterocycles. The van der Waals surface area contributed by atoms with Crippen molar-refractivity contribution in [1.29, 1.82) is 0 Å². The molecule has 0 radical (unpaired) electrons. The lowest BCUT2D eigenvalue weighted by atomic mass is 9.98. The number of aromatic hydroxyl groups is 1.